The van der Waals surface area contributed by atoms with Crippen molar-refractivity contribution in [2.24, 2.45) is 0 Å². The Hall–Kier alpha value is -0.580. The van der Waals surface area contributed by atoms with Crippen LogP contribution in [0.25, 0.3) is 0 Å². The third-order valence-electron chi connectivity index (χ3n) is 3.39. The number of nitrogens with one attached hydrogen (secondary N) is 1. The summed E-state index contributed by atoms with van der Waals surface area (Å²) in [6.45, 7) is 4.80. The fraction of sp³-hybridized carbons (Fsp3) is 0.571. The van der Waals surface area contributed by atoms with Crippen LogP contribution >= 0.6 is 15.9 Å². The van der Waals surface area contributed by atoms with Crippen LogP contribution in [0.3, 0.4) is 0 Å². The summed E-state index contributed by atoms with van der Waals surface area (Å²) in [4.78, 5) is 0. The van der Waals surface area contributed by atoms with E-state index in [-0.39, 0.29) is 12.2 Å². The first-order valence-electron chi connectivity index (χ1n) is 6.37. The summed E-state index contributed by atoms with van der Waals surface area (Å²) < 4.78 is 12.9. The highest BCUT2D eigenvalue weighted by atomic mass is 79.9. The maximum absolute atomic E-state index is 6.05. The molecule has 4 heteroatoms. The van der Waals surface area contributed by atoms with E-state index in [0.717, 1.165) is 28.8 Å². The Balaban J connectivity index is 2.01. The van der Waals surface area contributed by atoms with Gasteiger partial charge in [-0.1, -0.05) is 15.9 Å². The quantitative estimate of drug-likeness (QED) is 0.906. The lowest BCUT2D eigenvalue weighted by molar-refractivity contribution is -0.103. The smallest absolute Gasteiger partial charge is 0.128 e. The summed E-state index contributed by atoms with van der Waals surface area (Å²) in [5, 5.41) is 3.26. The van der Waals surface area contributed by atoms with Crippen LogP contribution in [0, 0.1) is 6.92 Å². The Morgan fingerprint density at radius 2 is 2.22 bits per heavy atom. The maximum Gasteiger partial charge on any atom is 0.128 e. The van der Waals surface area contributed by atoms with Gasteiger partial charge in [0.15, 0.2) is 0 Å². The van der Waals surface area contributed by atoms with Gasteiger partial charge in [0.25, 0.3) is 0 Å². The Kier molecular flexibility index (Phi) is 4.65. The summed E-state index contributed by atoms with van der Waals surface area (Å²) in [5.41, 5.74) is 1.15. The molecular formula is C14H20BrNO2. The molecule has 1 saturated carbocycles. The van der Waals surface area contributed by atoms with E-state index in [1.165, 1.54) is 0 Å². The van der Waals surface area contributed by atoms with Crippen LogP contribution < -0.4 is 10.1 Å². The summed E-state index contributed by atoms with van der Waals surface area (Å²) >= 11 is 3.46. The van der Waals surface area contributed by atoms with Crippen LogP contribution in [0.1, 0.15) is 18.9 Å². The lowest BCUT2D eigenvalue weighted by atomic mass is 9.85. The normalized spacial score (nSPS) is 26.8. The molecule has 1 aromatic carbocycles. The summed E-state index contributed by atoms with van der Waals surface area (Å²) in [6, 6.07) is 6.49. The average Bonchev–Trinajstić information content (AvgIpc) is 2.33. The van der Waals surface area contributed by atoms with E-state index >= 15 is 0 Å². The molecular weight excluding hydrogens is 294 g/mol. The number of aryl methyl sites for hydroxylation is 1. The molecule has 18 heavy (non-hydrogen) atoms. The number of halogens is 1. The van der Waals surface area contributed by atoms with Crippen molar-refractivity contribution in [3.05, 3.63) is 28.2 Å². The van der Waals surface area contributed by atoms with Gasteiger partial charge in [0.05, 0.1) is 0 Å². The molecule has 0 amide bonds. The Bertz CT molecular complexity index is 411. The van der Waals surface area contributed by atoms with Gasteiger partial charge in [-0.05, 0) is 44.7 Å². The standard InChI is InChI=1S/C14H20BrNO2/c1-4-17-14-11(16-3)8-13(14)18-12-6-5-10(15)7-9(12)2/h5-7,11,13-14,16H,4,8H2,1-3H3. The SMILES string of the molecule is CCOC1C(NC)CC1Oc1ccc(Br)cc1C. The van der Waals surface area contributed by atoms with Crippen molar-refractivity contribution in [2.45, 2.75) is 38.5 Å². The Morgan fingerprint density at radius 1 is 1.44 bits per heavy atom. The molecule has 0 heterocycles. The van der Waals surface area contributed by atoms with E-state index < -0.39 is 0 Å². The Morgan fingerprint density at radius 3 is 2.83 bits per heavy atom. The molecule has 1 aromatic rings. The molecule has 1 fully saturated rings. The summed E-state index contributed by atoms with van der Waals surface area (Å²) in [6.07, 6.45) is 1.31. The van der Waals surface area contributed by atoms with Gasteiger partial charge in [0.1, 0.15) is 18.0 Å². The van der Waals surface area contributed by atoms with E-state index in [1.807, 2.05) is 26.1 Å². The van der Waals surface area contributed by atoms with E-state index in [2.05, 4.69) is 34.2 Å². The average molecular weight is 314 g/mol. The van der Waals surface area contributed by atoms with Gasteiger partial charge >= 0.3 is 0 Å². The van der Waals surface area contributed by atoms with Crippen molar-refractivity contribution in [3.8, 4) is 5.75 Å². The van der Waals surface area contributed by atoms with Crippen molar-refractivity contribution in [1.82, 2.24) is 5.32 Å². The fourth-order valence-corrected chi connectivity index (χ4v) is 2.78. The molecule has 2 rings (SSSR count). The maximum atomic E-state index is 6.05. The van der Waals surface area contributed by atoms with E-state index in [1.54, 1.807) is 0 Å². The van der Waals surface area contributed by atoms with Gasteiger partial charge in [-0.3, -0.25) is 0 Å². The second-order valence-corrected chi connectivity index (χ2v) is 5.53. The molecule has 0 bridgehead atoms. The summed E-state index contributed by atoms with van der Waals surface area (Å²) in [7, 11) is 1.97. The fourth-order valence-electron chi connectivity index (χ4n) is 2.30. The van der Waals surface area contributed by atoms with Gasteiger partial charge in [-0.25, -0.2) is 0 Å². The zero-order chi connectivity index (χ0) is 13.1. The van der Waals surface area contributed by atoms with Crippen LogP contribution in [0.5, 0.6) is 5.75 Å². The monoisotopic (exact) mass is 313 g/mol. The molecule has 0 radical (unpaired) electrons. The Labute approximate surface area is 117 Å². The van der Waals surface area contributed by atoms with E-state index in [9.17, 15) is 0 Å². The van der Waals surface area contributed by atoms with E-state index in [4.69, 9.17) is 9.47 Å². The first-order chi connectivity index (χ1) is 8.65. The van der Waals surface area contributed by atoms with E-state index in [0.29, 0.717) is 6.04 Å². The third kappa shape index (κ3) is 2.87. The zero-order valence-electron chi connectivity index (χ0n) is 11.1. The van der Waals surface area contributed by atoms with Crippen LogP contribution in [-0.2, 0) is 4.74 Å². The molecule has 1 N–H and O–H groups in total. The van der Waals surface area contributed by atoms with Crippen molar-refractivity contribution in [3.63, 3.8) is 0 Å². The molecule has 3 unspecified atom stereocenters. The number of benzene rings is 1. The summed E-state index contributed by atoms with van der Waals surface area (Å²) in [5.74, 6) is 0.947. The lowest BCUT2D eigenvalue weighted by Gasteiger charge is -2.43. The topological polar surface area (TPSA) is 30.5 Å². The zero-order valence-corrected chi connectivity index (χ0v) is 12.7. The molecule has 0 saturated heterocycles. The van der Waals surface area contributed by atoms with Gasteiger partial charge in [0, 0.05) is 23.5 Å². The van der Waals surface area contributed by atoms with Gasteiger partial charge in [-0.2, -0.15) is 0 Å². The third-order valence-corrected chi connectivity index (χ3v) is 3.89. The van der Waals surface area contributed by atoms with Crippen LogP contribution in [-0.4, -0.2) is 31.9 Å². The second kappa shape index (κ2) is 6.04. The predicted molar refractivity (Wildman–Crippen MR) is 76.2 cm³/mol. The molecule has 3 atom stereocenters. The number of ether oxygens (including phenoxy) is 2. The molecule has 1 aliphatic carbocycles. The first-order valence-corrected chi connectivity index (χ1v) is 7.16. The number of likely N-dealkylation sites (N-methyl/N-ethyl adjacent to an activating group) is 1. The van der Waals surface area contributed by atoms with Gasteiger partial charge in [0.2, 0.25) is 0 Å². The van der Waals surface area contributed by atoms with Crippen LogP contribution in [0.15, 0.2) is 22.7 Å². The van der Waals surface area contributed by atoms with Crippen molar-refractivity contribution >= 4 is 15.9 Å². The van der Waals surface area contributed by atoms with Crippen LogP contribution in [0.4, 0.5) is 0 Å². The molecule has 0 aromatic heterocycles. The number of hydrogen-bond acceptors (Lipinski definition) is 3. The minimum absolute atomic E-state index is 0.155. The largest absolute Gasteiger partial charge is 0.487 e. The van der Waals surface area contributed by atoms with Crippen molar-refractivity contribution in [2.75, 3.05) is 13.7 Å². The molecule has 0 aliphatic heterocycles. The highest BCUT2D eigenvalue weighted by Crippen LogP contribution is 2.31. The van der Waals surface area contributed by atoms with Gasteiger partial charge < -0.3 is 14.8 Å². The number of rotatable bonds is 5. The molecule has 1 aliphatic rings. The predicted octanol–water partition coefficient (Wildman–Crippen LogP) is 2.90. The highest BCUT2D eigenvalue weighted by molar-refractivity contribution is 9.10. The molecule has 100 valence electrons. The molecule has 0 spiro atoms. The second-order valence-electron chi connectivity index (χ2n) is 4.62. The van der Waals surface area contributed by atoms with Crippen molar-refractivity contribution < 1.29 is 9.47 Å². The minimum atomic E-state index is 0.155. The lowest BCUT2D eigenvalue weighted by Crippen LogP contribution is -2.60. The van der Waals surface area contributed by atoms with Crippen molar-refractivity contribution in [1.29, 1.82) is 0 Å². The highest BCUT2D eigenvalue weighted by Gasteiger charge is 2.42. The minimum Gasteiger partial charge on any atom is -0.487 e. The van der Waals surface area contributed by atoms with Crippen LogP contribution in [0.2, 0.25) is 0 Å². The first kappa shape index (κ1) is 13.8. The number of hydrogen-bond donors (Lipinski definition) is 1. The van der Waals surface area contributed by atoms with Gasteiger partial charge in [-0.15, -0.1) is 0 Å². The molecule has 3 nitrogen and oxygen atoms in total.